The van der Waals surface area contributed by atoms with Crippen molar-refractivity contribution in [3.8, 4) is 5.75 Å². The predicted molar refractivity (Wildman–Crippen MR) is 64.0 cm³/mol. The molecule has 1 aromatic rings. The van der Waals surface area contributed by atoms with Gasteiger partial charge in [0.15, 0.2) is 0 Å². The molecule has 3 nitrogen and oxygen atoms in total. The number of aryl methyl sites for hydroxylation is 1. The number of hydrogen-bond acceptors (Lipinski definition) is 3. The maximum atomic E-state index is 10.6. The summed E-state index contributed by atoms with van der Waals surface area (Å²) in [5.41, 5.74) is 1.03. The van der Waals surface area contributed by atoms with Crippen LogP contribution in [0.2, 0.25) is 0 Å². The monoisotopic (exact) mass is 312 g/mol. The standard InChI is InChI=1S/C9H10BrClO3S/c1-7-6-8(2-3-9(7)10)14-4-5-15(11,12)13/h2-3,6H,4-5H2,1H3. The first-order valence-electron chi connectivity index (χ1n) is 4.20. The average molecular weight is 314 g/mol. The molecule has 0 unspecified atom stereocenters. The first-order chi connectivity index (χ1) is 6.88. The topological polar surface area (TPSA) is 43.4 Å². The van der Waals surface area contributed by atoms with Crippen LogP contribution in [0.15, 0.2) is 22.7 Å². The van der Waals surface area contributed by atoms with Crippen molar-refractivity contribution in [1.29, 1.82) is 0 Å². The van der Waals surface area contributed by atoms with Crippen LogP contribution in [0.4, 0.5) is 0 Å². The fraction of sp³-hybridized carbons (Fsp3) is 0.333. The van der Waals surface area contributed by atoms with E-state index < -0.39 is 9.05 Å². The third kappa shape index (κ3) is 4.86. The van der Waals surface area contributed by atoms with E-state index >= 15 is 0 Å². The Morgan fingerprint density at radius 2 is 2.13 bits per heavy atom. The summed E-state index contributed by atoms with van der Waals surface area (Å²) in [6.45, 7) is 1.99. The average Bonchev–Trinajstić information content (AvgIpc) is 2.09. The molecule has 0 radical (unpaired) electrons. The number of benzene rings is 1. The van der Waals surface area contributed by atoms with Crippen LogP contribution in [0.25, 0.3) is 0 Å². The van der Waals surface area contributed by atoms with Gasteiger partial charge >= 0.3 is 0 Å². The van der Waals surface area contributed by atoms with E-state index in [-0.39, 0.29) is 12.4 Å². The van der Waals surface area contributed by atoms with Crippen LogP contribution in [0, 0.1) is 6.92 Å². The van der Waals surface area contributed by atoms with Crippen LogP contribution >= 0.6 is 26.6 Å². The van der Waals surface area contributed by atoms with Gasteiger partial charge in [0.05, 0.1) is 5.75 Å². The van der Waals surface area contributed by atoms with Gasteiger partial charge < -0.3 is 4.74 Å². The molecule has 0 heterocycles. The fourth-order valence-electron chi connectivity index (χ4n) is 0.966. The van der Waals surface area contributed by atoms with Gasteiger partial charge in [-0.25, -0.2) is 8.42 Å². The van der Waals surface area contributed by atoms with E-state index in [4.69, 9.17) is 15.4 Å². The molecule has 0 N–H and O–H groups in total. The summed E-state index contributed by atoms with van der Waals surface area (Å²) in [4.78, 5) is 0. The Bertz CT molecular complexity index is 445. The molecule has 0 aromatic heterocycles. The van der Waals surface area contributed by atoms with E-state index in [0.717, 1.165) is 10.0 Å². The lowest BCUT2D eigenvalue weighted by molar-refractivity contribution is 0.341. The zero-order valence-electron chi connectivity index (χ0n) is 8.04. The van der Waals surface area contributed by atoms with Crippen LogP contribution in [-0.4, -0.2) is 20.8 Å². The molecule has 1 rings (SSSR count). The third-order valence-electron chi connectivity index (χ3n) is 1.73. The largest absolute Gasteiger partial charge is 0.492 e. The summed E-state index contributed by atoms with van der Waals surface area (Å²) < 4.78 is 27.5. The number of hydrogen-bond donors (Lipinski definition) is 0. The van der Waals surface area contributed by atoms with Gasteiger partial charge in [-0.3, -0.25) is 0 Å². The molecule has 0 fully saturated rings. The second kappa shape index (κ2) is 5.18. The number of ether oxygens (including phenoxy) is 1. The van der Waals surface area contributed by atoms with Crippen molar-refractivity contribution < 1.29 is 13.2 Å². The Balaban J connectivity index is 2.55. The first-order valence-corrected chi connectivity index (χ1v) is 7.47. The van der Waals surface area contributed by atoms with E-state index in [1.54, 1.807) is 6.07 Å². The molecule has 6 heteroatoms. The molecule has 0 atom stereocenters. The van der Waals surface area contributed by atoms with Crippen LogP contribution in [0.5, 0.6) is 5.75 Å². The van der Waals surface area contributed by atoms with Crippen LogP contribution < -0.4 is 4.74 Å². The summed E-state index contributed by atoms with van der Waals surface area (Å²) in [5, 5.41) is 0. The van der Waals surface area contributed by atoms with Crippen molar-refractivity contribution >= 4 is 35.7 Å². The van der Waals surface area contributed by atoms with Crippen LogP contribution in [0.1, 0.15) is 5.56 Å². The molecule has 0 aliphatic rings. The molecule has 15 heavy (non-hydrogen) atoms. The molecule has 0 aliphatic heterocycles. The summed E-state index contributed by atoms with van der Waals surface area (Å²) >= 11 is 3.36. The molecule has 1 aromatic carbocycles. The maximum Gasteiger partial charge on any atom is 0.235 e. The smallest absolute Gasteiger partial charge is 0.235 e. The molecule has 84 valence electrons. The van der Waals surface area contributed by atoms with Gasteiger partial charge in [-0.2, -0.15) is 0 Å². The lowest BCUT2D eigenvalue weighted by Gasteiger charge is -2.06. The quantitative estimate of drug-likeness (QED) is 0.803. The highest BCUT2D eigenvalue weighted by Gasteiger charge is 2.05. The molecular formula is C9H10BrClO3S. The van der Waals surface area contributed by atoms with Gasteiger partial charge in [0.25, 0.3) is 0 Å². The van der Waals surface area contributed by atoms with Gasteiger partial charge in [-0.15, -0.1) is 0 Å². The fourth-order valence-corrected chi connectivity index (χ4v) is 1.68. The zero-order chi connectivity index (χ0) is 11.5. The Morgan fingerprint density at radius 1 is 1.47 bits per heavy atom. The lowest BCUT2D eigenvalue weighted by Crippen LogP contribution is -2.08. The van der Waals surface area contributed by atoms with Gasteiger partial charge in [0, 0.05) is 15.2 Å². The summed E-state index contributed by atoms with van der Waals surface area (Å²) in [5.74, 6) is 0.444. The summed E-state index contributed by atoms with van der Waals surface area (Å²) in [6, 6.07) is 5.43. The van der Waals surface area contributed by atoms with Crippen molar-refractivity contribution in [2.45, 2.75) is 6.92 Å². The molecule has 0 aliphatic carbocycles. The van der Waals surface area contributed by atoms with Crippen molar-refractivity contribution in [3.63, 3.8) is 0 Å². The molecule has 0 saturated heterocycles. The molecular weight excluding hydrogens is 304 g/mol. The predicted octanol–water partition coefficient (Wildman–Crippen LogP) is 2.70. The van der Waals surface area contributed by atoms with Crippen LogP contribution in [-0.2, 0) is 9.05 Å². The van der Waals surface area contributed by atoms with E-state index in [1.807, 2.05) is 19.1 Å². The highest BCUT2D eigenvalue weighted by Crippen LogP contribution is 2.21. The third-order valence-corrected chi connectivity index (χ3v) is 3.73. The normalized spacial score (nSPS) is 11.4. The van der Waals surface area contributed by atoms with Crippen molar-refractivity contribution in [2.24, 2.45) is 0 Å². The van der Waals surface area contributed by atoms with E-state index in [0.29, 0.717) is 5.75 Å². The SMILES string of the molecule is Cc1cc(OCCS(=O)(=O)Cl)ccc1Br. The van der Waals surface area contributed by atoms with Gasteiger partial charge in [-0.05, 0) is 30.7 Å². The second-order valence-corrected chi connectivity index (χ2v) is 6.75. The summed E-state index contributed by atoms with van der Waals surface area (Å²) in [7, 11) is 1.57. The zero-order valence-corrected chi connectivity index (χ0v) is 11.2. The molecule has 0 bridgehead atoms. The first kappa shape index (κ1) is 12.8. The Labute approximate surface area is 102 Å². The second-order valence-electron chi connectivity index (χ2n) is 3.00. The Hall–Kier alpha value is -0.260. The maximum absolute atomic E-state index is 10.6. The number of halogens is 2. The highest BCUT2D eigenvalue weighted by molar-refractivity contribution is 9.10. The highest BCUT2D eigenvalue weighted by atomic mass is 79.9. The number of rotatable bonds is 4. The molecule has 0 saturated carbocycles. The van der Waals surface area contributed by atoms with Crippen LogP contribution in [0.3, 0.4) is 0 Å². The van der Waals surface area contributed by atoms with Crippen molar-refractivity contribution in [2.75, 3.05) is 12.4 Å². The Morgan fingerprint density at radius 3 is 2.67 bits per heavy atom. The van der Waals surface area contributed by atoms with E-state index in [9.17, 15) is 8.42 Å². The van der Waals surface area contributed by atoms with Crippen molar-refractivity contribution in [1.82, 2.24) is 0 Å². The van der Waals surface area contributed by atoms with Gasteiger partial charge in [0.2, 0.25) is 9.05 Å². The minimum absolute atomic E-state index is 0.0624. The lowest BCUT2D eigenvalue weighted by atomic mass is 10.2. The summed E-state index contributed by atoms with van der Waals surface area (Å²) in [6.07, 6.45) is 0. The van der Waals surface area contributed by atoms with E-state index in [1.165, 1.54) is 0 Å². The Kier molecular flexibility index (Phi) is 4.43. The van der Waals surface area contributed by atoms with Gasteiger partial charge in [-0.1, -0.05) is 15.9 Å². The van der Waals surface area contributed by atoms with E-state index in [2.05, 4.69) is 15.9 Å². The molecule has 0 amide bonds. The van der Waals surface area contributed by atoms with Crippen molar-refractivity contribution in [3.05, 3.63) is 28.2 Å². The molecule has 0 spiro atoms. The van der Waals surface area contributed by atoms with Gasteiger partial charge in [0.1, 0.15) is 12.4 Å². The minimum atomic E-state index is -3.47. The minimum Gasteiger partial charge on any atom is -0.492 e.